The fourth-order valence-corrected chi connectivity index (χ4v) is 2.68. The topological polar surface area (TPSA) is 28.7 Å². The lowest BCUT2D eigenvalue weighted by molar-refractivity contribution is 0.788. The minimum atomic E-state index is 0.482. The highest BCUT2D eigenvalue weighted by molar-refractivity contribution is 5.86. The Hall–Kier alpha value is -1.75. The second-order valence-corrected chi connectivity index (χ2v) is 4.04. The highest BCUT2D eigenvalue weighted by atomic mass is 15.0. The summed E-state index contributed by atoms with van der Waals surface area (Å²) >= 11 is 0. The van der Waals surface area contributed by atoms with Crippen molar-refractivity contribution in [3.05, 3.63) is 35.5 Å². The molecule has 3 rings (SSSR count). The molecular formula is C13H12N2. The van der Waals surface area contributed by atoms with Gasteiger partial charge in [-0.15, -0.1) is 0 Å². The molecule has 0 fully saturated rings. The van der Waals surface area contributed by atoms with Crippen LogP contribution in [0.5, 0.6) is 0 Å². The van der Waals surface area contributed by atoms with E-state index in [0.29, 0.717) is 6.54 Å². The van der Waals surface area contributed by atoms with E-state index in [1.54, 1.807) is 0 Å². The van der Waals surface area contributed by atoms with Crippen LogP contribution in [-0.2, 0) is 19.4 Å². The lowest BCUT2D eigenvalue weighted by Gasteiger charge is -2.03. The number of aromatic nitrogens is 1. The fraction of sp³-hybridized carbons (Fsp3) is 0.308. The molecular weight excluding hydrogens is 184 g/mol. The first-order valence-corrected chi connectivity index (χ1v) is 5.38. The zero-order chi connectivity index (χ0) is 10.3. The van der Waals surface area contributed by atoms with Crippen LogP contribution in [0, 0.1) is 11.3 Å². The first-order valence-electron chi connectivity index (χ1n) is 5.38. The van der Waals surface area contributed by atoms with Gasteiger partial charge in [0.1, 0.15) is 6.54 Å². The van der Waals surface area contributed by atoms with Crippen molar-refractivity contribution in [2.24, 2.45) is 0 Å². The van der Waals surface area contributed by atoms with E-state index < -0.39 is 0 Å². The predicted molar refractivity (Wildman–Crippen MR) is 59.6 cm³/mol. The van der Waals surface area contributed by atoms with Crippen LogP contribution in [0.1, 0.15) is 17.7 Å². The summed E-state index contributed by atoms with van der Waals surface area (Å²) in [4.78, 5) is 0. The molecule has 74 valence electrons. The van der Waals surface area contributed by atoms with Gasteiger partial charge in [0.25, 0.3) is 0 Å². The first kappa shape index (κ1) is 8.55. The molecule has 15 heavy (non-hydrogen) atoms. The standard InChI is InChI=1S/C13H12N2/c14-8-9-15-12-6-2-1-4-10(12)11-5-3-7-13(11)15/h1-2,4,6H,3,5,7,9H2. The molecule has 0 bridgehead atoms. The van der Waals surface area contributed by atoms with Crippen LogP contribution in [0.2, 0.25) is 0 Å². The van der Waals surface area contributed by atoms with Crippen LogP contribution in [0.15, 0.2) is 24.3 Å². The van der Waals surface area contributed by atoms with E-state index in [2.05, 4.69) is 28.8 Å². The second kappa shape index (κ2) is 3.13. The SMILES string of the molecule is N#CCn1c2c(c3ccccc31)CCC2. The third-order valence-electron chi connectivity index (χ3n) is 3.26. The Labute approximate surface area is 88.7 Å². The van der Waals surface area contributed by atoms with Gasteiger partial charge in [0, 0.05) is 16.6 Å². The fourth-order valence-electron chi connectivity index (χ4n) is 2.68. The molecule has 2 aromatic rings. The molecule has 1 aliphatic rings. The van der Waals surface area contributed by atoms with Gasteiger partial charge in [-0.3, -0.25) is 0 Å². The van der Waals surface area contributed by atoms with Crippen LogP contribution in [-0.4, -0.2) is 4.57 Å². The van der Waals surface area contributed by atoms with Crippen LogP contribution >= 0.6 is 0 Å². The zero-order valence-corrected chi connectivity index (χ0v) is 8.53. The minimum absolute atomic E-state index is 0.482. The summed E-state index contributed by atoms with van der Waals surface area (Å²) in [5.74, 6) is 0. The molecule has 0 amide bonds. The van der Waals surface area contributed by atoms with Crippen molar-refractivity contribution in [2.75, 3.05) is 0 Å². The Kier molecular flexibility index (Phi) is 1.78. The summed E-state index contributed by atoms with van der Waals surface area (Å²) in [5.41, 5.74) is 4.09. The molecule has 0 saturated heterocycles. The van der Waals surface area contributed by atoms with Crippen molar-refractivity contribution in [3.8, 4) is 6.07 Å². The molecule has 0 saturated carbocycles. The molecule has 0 spiro atoms. The molecule has 0 radical (unpaired) electrons. The summed E-state index contributed by atoms with van der Waals surface area (Å²) in [6, 6.07) is 10.7. The van der Waals surface area contributed by atoms with Gasteiger partial charge in [-0.1, -0.05) is 18.2 Å². The smallest absolute Gasteiger partial charge is 0.110 e. The van der Waals surface area contributed by atoms with E-state index in [4.69, 9.17) is 5.26 Å². The summed E-state index contributed by atoms with van der Waals surface area (Å²) in [5, 5.41) is 10.2. The number of hydrogen-bond acceptors (Lipinski definition) is 1. The van der Waals surface area contributed by atoms with Crippen LogP contribution in [0.25, 0.3) is 10.9 Å². The highest BCUT2D eigenvalue weighted by Gasteiger charge is 2.20. The molecule has 1 heterocycles. The maximum absolute atomic E-state index is 8.86. The van der Waals surface area contributed by atoms with Crippen molar-refractivity contribution < 1.29 is 0 Å². The lowest BCUT2D eigenvalue weighted by Crippen LogP contribution is -1.99. The van der Waals surface area contributed by atoms with Gasteiger partial charge in [0.05, 0.1) is 6.07 Å². The van der Waals surface area contributed by atoms with Crippen molar-refractivity contribution in [1.82, 2.24) is 4.57 Å². The Morgan fingerprint density at radius 2 is 2.13 bits per heavy atom. The second-order valence-electron chi connectivity index (χ2n) is 4.04. The van der Waals surface area contributed by atoms with Crippen LogP contribution in [0.3, 0.4) is 0 Å². The third-order valence-corrected chi connectivity index (χ3v) is 3.26. The maximum atomic E-state index is 8.86. The molecule has 1 aromatic heterocycles. The van der Waals surface area contributed by atoms with Gasteiger partial charge in [-0.2, -0.15) is 5.26 Å². The van der Waals surface area contributed by atoms with E-state index in [-0.39, 0.29) is 0 Å². The third kappa shape index (κ3) is 1.10. The van der Waals surface area contributed by atoms with Gasteiger partial charge in [0.15, 0.2) is 0 Å². The average molecular weight is 196 g/mol. The molecule has 0 unspecified atom stereocenters. The van der Waals surface area contributed by atoms with E-state index in [1.807, 2.05) is 6.07 Å². The van der Waals surface area contributed by atoms with Gasteiger partial charge >= 0.3 is 0 Å². The van der Waals surface area contributed by atoms with Gasteiger partial charge < -0.3 is 4.57 Å². The number of rotatable bonds is 1. The van der Waals surface area contributed by atoms with E-state index in [0.717, 1.165) is 6.42 Å². The number of para-hydroxylation sites is 1. The zero-order valence-electron chi connectivity index (χ0n) is 8.53. The molecule has 1 aromatic carbocycles. The number of aryl methyl sites for hydroxylation is 1. The van der Waals surface area contributed by atoms with Gasteiger partial charge in [-0.25, -0.2) is 0 Å². The Morgan fingerprint density at radius 1 is 1.27 bits per heavy atom. The summed E-state index contributed by atoms with van der Waals surface area (Å²) in [7, 11) is 0. The molecule has 1 aliphatic carbocycles. The molecule has 2 heteroatoms. The van der Waals surface area contributed by atoms with Crippen molar-refractivity contribution in [2.45, 2.75) is 25.8 Å². The number of nitriles is 1. The van der Waals surface area contributed by atoms with Crippen molar-refractivity contribution >= 4 is 10.9 Å². The summed E-state index contributed by atoms with van der Waals surface area (Å²) in [6.07, 6.45) is 3.54. The monoisotopic (exact) mass is 196 g/mol. The maximum Gasteiger partial charge on any atom is 0.110 e. The quantitative estimate of drug-likeness (QED) is 0.689. The number of fused-ring (bicyclic) bond motifs is 3. The molecule has 0 N–H and O–H groups in total. The predicted octanol–water partition coefficient (Wildman–Crippen LogP) is 2.65. The van der Waals surface area contributed by atoms with Gasteiger partial charge in [-0.05, 0) is 30.9 Å². The van der Waals surface area contributed by atoms with E-state index >= 15 is 0 Å². The molecule has 0 atom stereocenters. The van der Waals surface area contributed by atoms with Gasteiger partial charge in [0.2, 0.25) is 0 Å². The molecule has 2 nitrogen and oxygen atoms in total. The summed E-state index contributed by atoms with van der Waals surface area (Å²) < 4.78 is 2.18. The van der Waals surface area contributed by atoms with Crippen molar-refractivity contribution in [1.29, 1.82) is 5.26 Å². The lowest BCUT2D eigenvalue weighted by atomic mass is 10.1. The largest absolute Gasteiger partial charge is 0.330 e. The molecule has 0 aliphatic heterocycles. The number of benzene rings is 1. The highest BCUT2D eigenvalue weighted by Crippen LogP contribution is 2.32. The van der Waals surface area contributed by atoms with Crippen LogP contribution in [0.4, 0.5) is 0 Å². The first-order chi connectivity index (χ1) is 7.42. The van der Waals surface area contributed by atoms with Crippen molar-refractivity contribution in [3.63, 3.8) is 0 Å². The Balaban J connectivity index is 2.37. The Morgan fingerprint density at radius 3 is 3.00 bits per heavy atom. The van der Waals surface area contributed by atoms with E-state index in [1.165, 1.54) is 35.0 Å². The van der Waals surface area contributed by atoms with Crippen LogP contribution < -0.4 is 0 Å². The average Bonchev–Trinajstić information content (AvgIpc) is 2.82. The minimum Gasteiger partial charge on any atom is -0.330 e. The van der Waals surface area contributed by atoms with E-state index in [9.17, 15) is 0 Å². The summed E-state index contributed by atoms with van der Waals surface area (Å²) in [6.45, 7) is 0.482. The normalized spacial score (nSPS) is 14.1. The number of hydrogen-bond donors (Lipinski definition) is 0. The Bertz CT molecular complexity index is 558. The number of nitrogens with zero attached hydrogens (tertiary/aromatic N) is 2.